The Morgan fingerprint density at radius 3 is 1.78 bits per heavy atom. The van der Waals surface area contributed by atoms with Gasteiger partial charge in [-0.1, -0.05) is 83.9 Å². The SMILES string of the molecule is N#CCSP(=S)(c1ccccc1)c1ccccc1. The Balaban J connectivity index is 2.49. The first-order chi connectivity index (χ1) is 8.77. The van der Waals surface area contributed by atoms with E-state index >= 15 is 0 Å². The molecular weight excluding hydrogens is 277 g/mol. The number of benzene rings is 2. The molecular formula is C14H12NPS2. The fourth-order valence-electron chi connectivity index (χ4n) is 1.67. The van der Waals surface area contributed by atoms with Gasteiger partial charge in [0.05, 0.1) is 17.1 Å². The van der Waals surface area contributed by atoms with Gasteiger partial charge in [0.15, 0.2) is 0 Å². The molecule has 4 heteroatoms. The topological polar surface area (TPSA) is 23.8 Å². The van der Waals surface area contributed by atoms with Crippen molar-refractivity contribution in [3.8, 4) is 6.07 Å². The van der Waals surface area contributed by atoms with Crippen LogP contribution in [0.3, 0.4) is 0 Å². The average molecular weight is 289 g/mol. The van der Waals surface area contributed by atoms with E-state index in [9.17, 15) is 0 Å². The molecule has 0 aliphatic carbocycles. The molecule has 0 aromatic heterocycles. The van der Waals surface area contributed by atoms with Crippen LogP contribution in [0.5, 0.6) is 0 Å². The van der Waals surface area contributed by atoms with Crippen molar-refractivity contribution < 1.29 is 0 Å². The second-order valence-corrected chi connectivity index (χ2v) is 11.1. The largest absolute Gasteiger partial charge is 0.197 e. The summed E-state index contributed by atoms with van der Waals surface area (Å²) in [5.74, 6) is 0.432. The standard InChI is InChI=1S/C14H12NPS2/c15-11-12-18-16(17,13-7-3-1-4-8-13)14-9-5-2-6-10-14/h1-10H,12H2. The van der Waals surface area contributed by atoms with Gasteiger partial charge in [-0.2, -0.15) is 5.26 Å². The highest BCUT2D eigenvalue weighted by molar-refractivity contribution is 8.75. The minimum absolute atomic E-state index is 0.432. The van der Waals surface area contributed by atoms with Crippen LogP contribution in [0.25, 0.3) is 0 Å². The van der Waals surface area contributed by atoms with Gasteiger partial charge in [0.25, 0.3) is 0 Å². The van der Waals surface area contributed by atoms with E-state index in [1.165, 1.54) is 0 Å². The predicted molar refractivity (Wildman–Crippen MR) is 84.5 cm³/mol. The molecule has 0 heterocycles. The molecule has 2 aromatic carbocycles. The molecule has 0 unspecified atom stereocenters. The lowest BCUT2D eigenvalue weighted by molar-refractivity contribution is 1.50. The summed E-state index contributed by atoms with van der Waals surface area (Å²) >= 11 is 7.52. The molecule has 0 aliphatic heterocycles. The highest BCUT2D eigenvalue weighted by Gasteiger charge is 2.22. The lowest BCUT2D eigenvalue weighted by atomic mass is 10.4. The monoisotopic (exact) mass is 289 g/mol. The van der Waals surface area contributed by atoms with Gasteiger partial charge < -0.3 is 0 Å². The van der Waals surface area contributed by atoms with E-state index in [0.29, 0.717) is 5.75 Å². The Kier molecular flexibility index (Phi) is 4.60. The van der Waals surface area contributed by atoms with Crippen LogP contribution in [0.4, 0.5) is 0 Å². The van der Waals surface area contributed by atoms with Gasteiger partial charge in [0.2, 0.25) is 0 Å². The zero-order valence-electron chi connectivity index (χ0n) is 9.69. The van der Waals surface area contributed by atoms with Crippen molar-refractivity contribution in [1.82, 2.24) is 0 Å². The Labute approximate surface area is 117 Å². The second kappa shape index (κ2) is 6.20. The molecule has 0 saturated heterocycles. The van der Waals surface area contributed by atoms with E-state index < -0.39 is 5.24 Å². The number of hydrogen-bond acceptors (Lipinski definition) is 3. The summed E-state index contributed by atoms with van der Waals surface area (Å²) in [5, 5.41) is 9.23. The van der Waals surface area contributed by atoms with Gasteiger partial charge in [-0.15, -0.1) is 0 Å². The maximum Gasteiger partial charge on any atom is 0.0863 e. The van der Waals surface area contributed by atoms with Gasteiger partial charge in [0.1, 0.15) is 0 Å². The molecule has 0 N–H and O–H groups in total. The second-order valence-electron chi connectivity index (χ2n) is 3.65. The molecule has 0 saturated carbocycles. The van der Waals surface area contributed by atoms with Crippen LogP contribution in [-0.4, -0.2) is 5.75 Å². The third-order valence-corrected chi connectivity index (χ3v) is 10.0. The van der Waals surface area contributed by atoms with Crippen molar-refractivity contribution in [1.29, 1.82) is 5.26 Å². The van der Waals surface area contributed by atoms with Gasteiger partial charge in [-0.25, -0.2) is 0 Å². The average Bonchev–Trinajstić information content (AvgIpc) is 2.46. The predicted octanol–water partition coefficient (Wildman–Crippen LogP) is 3.29. The zero-order chi connectivity index (χ0) is 12.8. The molecule has 1 nitrogen and oxygen atoms in total. The van der Waals surface area contributed by atoms with E-state index in [0.717, 1.165) is 10.6 Å². The molecule has 0 spiro atoms. The number of hydrogen-bond donors (Lipinski definition) is 0. The molecule has 0 bridgehead atoms. The Hall–Kier alpha value is -1.07. The fraction of sp³-hybridized carbons (Fsp3) is 0.0714. The molecule has 0 atom stereocenters. The molecule has 90 valence electrons. The molecule has 2 rings (SSSR count). The van der Waals surface area contributed by atoms with Crippen LogP contribution in [0, 0.1) is 11.3 Å². The molecule has 0 radical (unpaired) electrons. The zero-order valence-corrected chi connectivity index (χ0v) is 12.2. The summed E-state index contributed by atoms with van der Waals surface area (Å²) < 4.78 is 0. The van der Waals surface area contributed by atoms with Crippen LogP contribution < -0.4 is 10.6 Å². The minimum Gasteiger partial charge on any atom is -0.197 e. The van der Waals surface area contributed by atoms with Crippen molar-refractivity contribution in [3.05, 3.63) is 60.7 Å². The lowest BCUT2D eigenvalue weighted by Gasteiger charge is -2.21. The number of nitrogens with zero attached hydrogens (tertiary/aromatic N) is 1. The van der Waals surface area contributed by atoms with E-state index in [1.54, 1.807) is 11.4 Å². The van der Waals surface area contributed by atoms with Crippen molar-refractivity contribution in [2.24, 2.45) is 0 Å². The maximum absolute atomic E-state index is 8.82. The Morgan fingerprint density at radius 2 is 1.39 bits per heavy atom. The lowest BCUT2D eigenvalue weighted by Crippen LogP contribution is -2.13. The summed E-state index contributed by atoms with van der Waals surface area (Å²) in [6.45, 7) is 0. The van der Waals surface area contributed by atoms with Crippen LogP contribution in [0.2, 0.25) is 0 Å². The summed E-state index contributed by atoms with van der Waals surface area (Å²) in [6, 6.07) is 22.5. The minimum atomic E-state index is -1.91. The molecule has 0 amide bonds. The highest BCUT2D eigenvalue weighted by atomic mass is 32.9. The van der Waals surface area contributed by atoms with E-state index in [1.807, 2.05) is 36.4 Å². The van der Waals surface area contributed by atoms with E-state index in [2.05, 4.69) is 30.3 Å². The van der Waals surface area contributed by atoms with Crippen molar-refractivity contribution in [2.45, 2.75) is 0 Å². The van der Waals surface area contributed by atoms with Crippen molar-refractivity contribution in [2.75, 3.05) is 5.75 Å². The highest BCUT2D eigenvalue weighted by Crippen LogP contribution is 2.56. The quantitative estimate of drug-likeness (QED) is 0.807. The number of nitriles is 1. The van der Waals surface area contributed by atoms with Gasteiger partial charge in [0, 0.05) is 0 Å². The maximum atomic E-state index is 8.82. The third kappa shape index (κ3) is 2.84. The summed E-state index contributed by atoms with van der Waals surface area (Å²) in [6.07, 6.45) is 0. The van der Waals surface area contributed by atoms with Crippen LogP contribution >= 0.6 is 16.6 Å². The molecule has 0 fully saturated rings. The van der Waals surface area contributed by atoms with Crippen LogP contribution in [0.1, 0.15) is 0 Å². The third-order valence-electron chi connectivity index (χ3n) is 2.50. The molecule has 18 heavy (non-hydrogen) atoms. The van der Waals surface area contributed by atoms with Gasteiger partial charge in [-0.05, 0) is 10.6 Å². The summed E-state index contributed by atoms with van der Waals surface area (Å²) in [4.78, 5) is 0. The first-order valence-electron chi connectivity index (χ1n) is 5.50. The first kappa shape index (κ1) is 13.4. The number of rotatable bonds is 4. The molecule has 0 aliphatic rings. The first-order valence-corrected chi connectivity index (χ1v) is 9.89. The van der Waals surface area contributed by atoms with Crippen LogP contribution in [-0.2, 0) is 11.8 Å². The summed E-state index contributed by atoms with van der Waals surface area (Å²) in [7, 11) is 0. The normalized spacial score (nSPS) is 10.8. The summed E-state index contributed by atoms with van der Waals surface area (Å²) in [5.41, 5.74) is 0. The van der Waals surface area contributed by atoms with Gasteiger partial charge in [-0.3, -0.25) is 0 Å². The van der Waals surface area contributed by atoms with Crippen molar-refractivity contribution in [3.63, 3.8) is 0 Å². The smallest absolute Gasteiger partial charge is 0.0863 e. The Bertz CT molecular complexity index is 547. The van der Waals surface area contributed by atoms with Crippen LogP contribution in [0.15, 0.2) is 60.7 Å². The Morgan fingerprint density at radius 1 is 0.944 bits per heavy atom. The van der Waals surface area contributed by atoms with E-state index in [-0.39, 0.29) is 0 Å². The van der Waals surface area contributed by atoms with Gasteiger partial charge >= 0.3 is 0 Å². The van der Waals surface area contributed by atoms with E-state index in [4.69, 9.17) is 17.1 Å². The molecule has 2 aromatic rings. The fourth-order valence-corrected chi connectivity index (χ4v) is 7.18. The van der Waals surface area contributed by atoms with Crippen molar-refractivity contribution >= 4 is 39.0 Å².